The van der Waals surface area contributed by atoms with Gasteiger partial charge in [0.1, 0.15) is 0 Å². The third-order valence-corrected chi connectivity index (χ3v) is 17.5. The molecule has 2 aliphatic heterocycles. The number of ether oxygens (including phenoxy) is 6. The van der Waals surface area contributed by atoms with Crippen LogP contribution in [0.1, 0.15) is 121 Å². The first-order valence-electron chi connectivity index (χ1n) is 23.9. The minimum absolute atomic E-state index is 0.0318. The number of rotatable bonds is 18. The van der Waals surface area contributed by atoms with Gasteiger partial charge >= 0.3 is 165 Å². The van der Waals surface area contributed by atoms with E-state index in [0.29, 0.717) is 45.9 Å². The van der Waals surface area contributed by atoms with Crippen LogP contribution in [0.2, 0.25) is 51.4 Å². The Morgan fingerprint density at radius 1 is 0.682 bits per heavy atom. The number of carbonyl (C=O) groups excluding carboxylic acids is 2. The summed E-state index contributed by atoms with van der Waals surface area (Å²) in [5.41, 5.74) is 7.79. The van der Waals surface area contributed by atoms with Crippen molar-refractivity contribution in [2.24, 2.45) is 0 Å². The molecule has 368 valence electrons. The van der Waals surface area contributed by atoms with Crippen molar-refractivity contribution in [2.75, 3.05) is 17.6 Å². The van der Waals surface area contributed by atoms with E-state index in [0.717, 1.165) is 80.9 Å². The van der Waals surface area contributed by atoms with Crippen LogP contribution in [0.25, 0.3) is 6.08 Å². The molecule has 0 amide bonds. The van der Waals surface area contributed by atoms with Crippen molar-refractivity contribution in [2.45, 2.75) is 188 Å². The summed E-state index contributed by atoms with van der Waals surface area (Å²) in [6, 6.07) is 20.8. The van der Waals surface area contributed by atoms with Crippen molar-refractivity contribution in [1.82, 2.24) is 0 Å². The van der Waals surface area contributed by atoms with Crippen LogP contribution >= 0.6 is 22.6 Å². The second kappa shape index (κ2) is 26.7. The number of aryl methyl sites for hydroxylation is 4. The van der Waals surface area contributed by atoms with Crippen LogP contribution in [-0.2, 0) is 33.7 Å². The first-order chi connectivity index (χ1) is 30.8. The van der Waals surface area contributed by atoms with Crippen LogP contribution in [0, 0.1) is 27.7 Å². The van der Waals surface area contributed by atoms with Crippen molar-refractivity contribution in [1.29, 1.82) is 0 Å². The summed E-state index contributed by atoms with van der Waals surface area (Å²) in [5.74, 6) is -1.29. The molecule has 0 aliphatic carbocycles. The Morgan fingerprint density at radius 2 is 1.15 bits per heavy atom. The Morgan fingerprint density at radius 3 is 1.67 bits per heavy atom. The molecular weight excluding hydrogens is 1040 g/mol. The topological polar surface area (TPSA) is 89.5 Å². The van der Waals surface area contributed by atoms with Gasteiger partial charge in [0, 0.05) is 12.5 Å². The summed E-state index contributed by atoms with van der Waals surface area (Å²) in [5, 5.41) is 0.915. The molecule has 0 aromatic heterocycles. The summed E-state index contributed by atoms with van der Waals surface area (Å²) in [7, 11) is -2.43. The van der Waals surface area contributed by atoms with Gasteiger partial charge in [-0.3, -0.25) is 0 Å². The number of hydrogen-bond acceptors (Lipinski definition) is 8. The van der Waals surface area contributed by atoms with Gasteiger partial charge in [0.25, 0.3) is 0 Å². The molecular formula is C54H83IO8SeSi2. The number of alkyl halides is 1. The molecule has 0 radical (unpaired) electrons. The fraction of sp³-hybridized carbons (Fsp3) is 0.593. The van der Waals surface area contributed by atoms with E-state index in [4.69, 9.17) is 28.4 Å². The summed E-state index contributed by atoms with van der Waals surface area (Å²) in [6.07, 6.45) is 8.66. The zero-order valence-electron chi connectivity index (χ0n) is 43.3. The zero-order valence-corrected chi connectivity index (χ0v) is 49.2. The number of halogens is 1. The Kier molecular flexibility index (Phi) is 23.6. The van der Waals surface area contributed by atoms with Crippen LogP contribution < -0.4 is 4.46 Å². The quantitative estimate of drug-likeness (QED) is 0.0539. The average Bonchev–Trinajstić information content (AvgIpc) is 3.68. The molecule has 4 atom stereocenters. The van der Waals surface area contributed by atoms with Gasteiger partial charge in [0.2, 0.25) is 0 Å². The Hall–Kier alpha value is -2.14. The predicted octanol–water partition coefficient (Wildman–Crippen LogP) is 13.2. The van der Waals surface area contributed by atoms with E-state index in [9.17, 15) is 9.59 Å². The van der Waals surface area contributed by atoms with E-state index in [-0.39, 0.29) is 29.9 Å². The molecule has 2 fully saturated rings. The minimum atomic E-state index is -1.24. The molecule has 3 aromatic carbocycles. The molecule has 8 nitrogen and oxygen atoms in total. The molecule has 0 N–H and O–H groups in total. The molecule has 0 saturated carbocycles. The van der Waals surface area contributed by atoms with E-state index in [1.54, 1.807) is 0 Å². The van der Waals surface area contributed by atoms with Gasteiger partial charge in [-0.1, -0.05) is 85.9 Å². The van der Waals surface area contributed by atoms with Crippen LogP contribution in [0.15, 0.2) is 60.7 Å². The Bertz CT molecular complexity index is 2020. The second-order valence-corrected chi connectivity index (χ2v) is 35.5. The first kappa shape index (κ1) is 58.2. The molecule has 2 aliphatic rings. The van der Waals surface area contributed by atoms with Crippen molar-refractivity contribution in [3.8, 4) is 0 Å². The number of carbonyl (C=O) groups is 2. The average molecular weight is 1120 g/mol. The fourth-order valence-corrected chi connectivity index (χ4v) is 11.9. The number of benzene rings is 3. The molecule has 5 rings (SSSR count). The Balaban J connectivity index is 0.000000283. The summed E-state index contributed by atoms with van der Waals surface area (Å²) in [4.78, 5) is 25.5. The van der Waals surface area contributed by atoms with Gasteiger partial charge in [-0.15, -0.1) is 0 Å². The summed E-state index contributed by atoms with van der Waals surface area (Å²) in [6.45, 7) is 35.1. The van der Waals surface area contributed by atoms with Crippen molar-refractivity contribution in [3.63, 3.8) is 0 Å². The third-order valence-electron chi connectivity index (χ3n) is 11.2. The normalized spacial score (nSPS) is 20.0. The van der Waals surface area contributed by atoms with Crippen molar-refractivity contribution < 1.29 is 38.0 Å². The molecule has 2 saturated heterocycles. The maximum absolute atomic E-state index is 12.8. The van der Waals surface area contributed by atoms with E-state index < -0.39 is 21.9 Å². The second-order valence-electron chi connectivity index (χ2n) is 21.0. The van der Waals surface area contributed by atoms with Gasteiger partial charge in [0.05, 0.1) is 36.6 Å². The SMILES string of the molecule is CC[C@H]1OC(C)(C)O[C@H]1C/C=C/c1cc(C)cc(C)c1C(=O)OCC[Si](C)(C)C.CC[C@H]1OC(C)(C)O[C@H]1CCI.Cc1cc(C)c(C(=O)OCC[Si](C)(C)C)c(C[Se]c2ccccc2)c1. The van der Waals surface area contributed by atoms with E-state index in [1.807, 2.05) is 72.7 Å². The molecule has 0 spiro atoms. The molecule has 0 bridgehead atoms. The number of esters is 2. The van der Waals surface area contributed by atoms with Gasteiger partial charge in [-0.05, 0) is 84.4 Å². The van der Waals surface area contributed by atoms with Gasteiger partial charge in [-0.25, -0.2) is 4.79 Å². The fourth-order valence-electron chi connectivity index (χ4n) is 7.99. The van der Waals surface area contributed by atoms with Crippen molar-refractivity contribution in [3.05, 3.63) is 105 Å². The van der Waals surface area contributed by atoms with E-state index >= 15 is 0 Å². The molecule has 12 heteroatoms. The molecule has 0 unspecified atom stereocenters. The molecule has 2 heterocycles. The summed E-state index contributed by atoms with van der Waals surface area (Å²) < 4.78 is 37.2. The Labute approximate surface area is 421 Å². The number of hydrogen-bond donors (Lipinski definition) is 0. The standard InChI is InChI=1S/C24H38O4Si.C21H28O2SeSi.C9H17IO2/c1-9-20-21(28-24(4,5)27-20)12-10-11-19-16-17(2)15-18(3)22(19)23(25)26-13-14-29(6,7)8;1-16-13-17(2)20(21(22)23-11-12-25(3,4)5)18(14-16)15-24-19-9-7-6-8-10-19;1-4-7-8(5-6-10)12-9(2,3)11-7/h10-11,15-16,20-21H,9,12-14H2,1-8H3;6-10,13-14H,11-12,15H2,1-5H3;7-8H,4-6H2,1-3H3/b11-10+;;/t20-,21+;;7-,8+/m1.1/s1. The van der Waals surface area contributed by atoms with Gasteiger partial charge in [0.15, 0.2) is 11.6 Å². The van der Waals surface area contributed by atoms with Crippen LogP contribution in [0.4, 0.5) is 0 Å². The zero-order chi connectivity index (χ0) is 49.5. The molecule has 3 aromatic rings. The van der Waals surface area contributed by atoms with Crippen LogP contribution in [-0.4, -0.2) is 96.7 Å². The van der Waals surface area contributed by atoms with Crippen LogP contribution in [0.3, 0.4) is 0 Å². The van der Waals surface area contributed by atoms with E-state index in [2.05, 4.69) is 125 Å². The van der Waals surface area contributed by atoms with Gasteiger partial charge in [-0.2, -0.15) is 0 Å². The first-order valence-corrected chi connectivity index (χ1v) is 34.9. The van der Waals surface area contributed by atoms with Crippen molar-refractivity contribution >= 4 is 76.2 Å². The maximum atomic E-state index is 12.8. The predicted molar refractivity (Wildman–Crippen MR) is 290 cm³/mol. The molecule has 66 heavy (non-hydrogen) atoms. The van der Waals surface area contributed by atoms with Gasteiger partial charge < -0.3 is 23.7 Å². The summed E-state index contributed by atoms with van der Waals surface area (Å²) >= 11 is 2.69. The van der Waals surface area contributed by atoms with Crippen LogP contribution in [0.5, 0.6) is 0 Å². The monoisotopic (exact) mass is 1120 g/mol. The third kappa shape index (κ3) is 20.4. The van der Waals surface area contributed by atoms with E-state index in [1.165, 1.54) is 10.0 Å².